The topological polar surface area (TPSA) is 49.8 Å². The second-order valence-corrected chi connectivity index (χ2v) is 6.91. The fraction of sp³-hybridized carbons (Fsp3) is 0.455. The van der Waals surface area contributed by atoms with Crippen LogP contribution in [0.15, 0.2) is 53.7 Å². The first-order valence-electron chi connectivity index (χ1n) is 9.91. The van der Waals surface area contributed by atoms with Crippen molar-refractivity contribution in [1.82, 2.24) is 15.2 Å². The van der Waals surface area contributed by atoms with Crippen LogP contribution < -0.4 is 10.1 Å². The van der Waals surface area contributed by atoms with Gasteiger partial charge in [0.05, 0.1) is 0 Å². The maximum Gasteiger partial charge on any atom is 0.193 e. The predicted octanol–water partition coefficient (Wildman–Crippen LogP) is 4.06. The van der Waals surface area contributed by atoms with Crippen LogP contribution in [0.4, 0.5) is 0 Å². The van der Waals surface area contributed by atoms with Crippen molar-refractivity contribution in [3.63, 3.8) is 0 Å². The fourth-order valence-electron chi connectivity index (χ4n) is 3.24. The lowest BCUT2D eigenvalue weighted by molar-refractivity contribution is 0.129. The molecule has 0 bridgehead atoms. The molecule has 5 nitrogen and oxygen atoms in total. The molecule has 1 N–H and O–H groups in total. The Labute approximate surface area is 185 Å². The molecule has 0 amide bonds. The minimum Gasteiger partial charge on any atom is -0.490 e. The van der Waals surface area contributed by atoms with E-state index in [1.807, 2.05) is 43.5 Å². The zero-order valence-electron chi connectivity index (χ0n) is 16.8. The van der Waals surface area contributed by atoms with Crippen LogP contribution in [0.3, 0.4) is 0 Å². The zero-order valence-corrected chi connectivity index (χ0v) is 19.1. The molecule has 3 rings (SSSR count). The number of hydrogen-bond donors (Lipinski definition) is 1. The Kier molecular flexibility index (Phi) is 9.54. The average Bonchev–Trinajstić information content (AvgIpc) is 2.70. The van der Waals surface area contributed by atoms with Gasteiger partial charge in [-0.15, -0.1) is 24.0 Å². The number of nitrogens with one attached hydrogen (secondary N) is 1. The highest BCUT2D eigenvalue weighted by atomic mass is 127. The molecule has 2 heterocycles. The number of hydrogen-bond acceptors (Lipinski definition) is 3. The van der Waals surface area contributed by atoms with E-state index in [0.717, 1.165) is 62.8 Å². The monoisotopic (exact) mass is 494 g/mol. The van der Waals surface area contributed by atoms with Gasteiger partial charge in [0.15, 0.2) is 5.96 Å². The molecule has 152 valence electrons. The Balaban J connectivity index is 0.00000280. The summed E-state index contributed by atoms with van der Waals surface area (Å²) in [5.41, 5.74) is 2.28. The van der Waals surface area contributed by atoms with Crippen LogP contribution in [0, 0.1) is 6.92 Å². The van der Waals surface area contributed by atoms with Crippen molar-refractivity contribution in [2.24, 2.45) is 4.99 Å². The van der Waals surface area contributed by atoms with Crippen molar-refractivity contribution in [1.29, 1.82) is 0 Å². The van der Waals surface area contributed by atoms with E-state index in [4.69, 9.17) is 9.73 Å². The SMILES string of the molecule is CCNC(=NCCc1ccc(C)nc1)N1CCC(Oc2ccccc2)CC1.I. The molecule has 0 spiro atoms. The number of aryl methyl sites for hydroxylation is 1. The van der Waals surface area contributed by atoms with Gasteiger partial charge in [-0.1, -0.05) is 24.3 Å². The van der Waals surface area contributed by atoms with E-state index in [-0.39, 0.29) is 30.1 Å². The molecule has 1 aromatic heterocycles. The predicted molar refractivity (Wildman–Crippen MR) is 126 cm³/mol. The van der Waals surface area contributed by atoms with E-state index in [1.165, 1.54) is 5.56 Å². The minimum atomic E-state index is 0. The Morgan fingerprint density at radius 2 is 1.93 bits per heavy atom. The summed E-state index contributed by atoms with van der Waals surface area (Å²) in [5.74, 6) is 1.97. The standard InChI is InChI=1S/C22H30N4O.HI/c1-3-23-22(24-14-11-19-10-9-18(2)25-17-19)26-15-12-21(13-16-26)27-20-7-5-4-6-8-20;/h4-10,17,21H,3,11-16H2,1-2H3,(H,23,24);1H. The molecular formula is C22H31IN4O. The number of ether oxygens (including phenoxy) is 1. The molecule has 28 heavy (non-hydrogen) atoms. The van der Waals surface area contributed by atoms with Gasteiger partial charge in [-0.2, -0.15) is 0 Å². The third-order valence-electron chi connectivity index (χ3n) is 4.76. The van der Waals surface area contributed by atoms with Crippen LogP contribution >= 0.6 is 24.0 Å². The van der Waals surface area contributed by atoms with E-state index in [2.05, 4.69) is 34.3 Å². The number of likely N-dealkylation sites (tertiary alicyclic amines) is 1. The number of halogens is 1. The summed E-state index contributed by atoms with van der Waals surface area (Å²) in [5, 5.41) is 3.43. The largest absolute Gasteiger partial charge is 0.490 e. The number of nitrogens with zero attached hydrogens (tertiary/aromatic N) is 3. The molecule has 0 atom stereocenters. The van der Waals surface area contributed by atoms with Gasteiger partial charge in [-0.25, -0.2) is 0 Å². The quantitative estimate of drug-likeness (QED) is 0.374. The van der Waals surface area contributed by atoms with Crippen molar-refractivity contribution >= 4 is 29.9 Å². The Morgan fingerprint density at radius 3 is 2.57 bits per heavy atom. The summed E-state index contributed by atoms with van der Waals surface area (Å²) in [6, 6.07) is 14.3. The number of para-hydroxylation sites is 1. The van der Waals surface area contributed by atoms with Gasteiger partial charge in [0, 0.05) is 50.9 Å². The number of aromatic nitrogens is 1. The first-order valence-corrected chi connectivity index (χ1v) is 9.91. The summed E-state index contributed by atoms with van der Waals surface area (Å²) < 4.78 is 6.10. The van der Waals surface area contributed by atoms with Gasteiger partial charge in [0.2, 0.25) is 0 Å². The van der Waals surface area contributed by atoms with Gasteiger partial charge in [0.1, 0.15) is 11.9 Å². The van der Waals surface area contributed by atoms with E-state index in [0.29, 0.717) is 0 Å². The van der Waals surface area contributed by atoms with Crippen LogP contribution in [-0.2, 0) is 6.42 Å². The highest BCUT2D eigenvalue weighted by Gasteiger charge is 2.22. The molecule has 0 unspecified atom stereocenters. The maximum absolute atomic E-state index is 6.10. The lowest BCUT2D eigenvalue weighted by Gasteiger charge is -2.34. The zero-order chi connectivity index (χ0) is 18.9. The highest BCUT2D eigenvalue weighted by Crippen LogP contribution is 2.18. The lowest BCUT2D eigenvalue weighted by atomic mass is 10.1. The average molecular weight is 494 g/mol. The fourth-order valence-corrected chi connectivity index (χ4v) is 3.24. The third-order valence-corrected chi connectivity index (χ3v) is 4.76. The molecule has 2 aromatic rings. The third kappa shape index (κ3) is 6.96. The van der Waals surface area contributed by atoms with E-state index < -0.39 is 0 Å². The van der Waals surface area contributed by atoms with E-state index in [1.54, 1.807) is 0 Å². The smallest absolute Gasteiger partial charge is 0.193 e. The summed E-state index contributed by atoms with van der Waals surface area (Å²) in [7, 11) is 0. The van der Waals surface area contributed by atoms with Crippen molar-refractivity contribution < 1.29 is 4.74 Å². The molecule has 1 aliphatic rings. The van der Waals surface area contributed by atoms with Gasteiger partial charge < -0.3 is 15.0 Å². The number of piperidine rings is 1. The summed E-state index contributed by atoms with van der Waals surface area (Å²) >= 11 is 0. The summed E-state index contributed by atoms with van der Waals surface area (Å²) in [6.45, 7) is 7.71. The molecule has 1 fully saturated rings. The first kappa shape index (κ1) is 22.5. The highest BCUT2D eigenvalue weighted by molar-refractivity contribution is 14.0. The minimum absolute atomic E-state index is 0. The molecule has 1 aromatic carbocycles. The summed E-state index contributed by atoms with van der Waals surface area (Å²) in [6.07, 6.45) is 5.17. The number of benzene rings is 1. The Morgan fingerprint density at radius 1 is 1.18 bits per heavy atom. The Bertz CT molecular complexity index is 713. The molecule has 0 radical (unpaired) electrons. The van der Waals surface area contributed by atoms with Crippen molar-refractivity contribution in [2.45, 2.75) is 39.2 Å². The number of guanidine groups is 1. The van der Waals surface area contributed by atoms with Crippen molar-refractivity contribution in [2.75, 3.05) is 26.2 Å². The Hall–Kier alpha value is -1.83. The maximum atomic E-state index is 6.10. The first-order chi connectivity index (χ1) is 13.2. The van der Waals surface area contributed by atoms with Crippen LogP contribution in [0.2, 0.25) is 0 Å². The molecule has 0 aliphatic carbocycles. The number of aliphatic imine (C=N–C) groups is 1. The van der Waals surface area contributed by atoms with Gasteiger partial charge in [-0.05, 0) is 44.0 Å². The number of rotatable bonds is 6. The van der Waals surface area contributed by atoms with Gasteiger partial charge in [0.25, 0.3) is 0 Å². The molecule has 6 heteroatoms. The van der Waals surface area contributed by atoms with Gasteiger partial charge in [-0.3, -0.25) is 9.98 Å². The molecule has 1 saturated heterocycles. The number of pyridine rings is 1. The van der Waals surface area contributed by atoms with Crippen LogP contribution in [-0.4, -0.2) is 48.1 Å². The van der Waals surface area contributed by atoms with Crippen molar-refractivity contribution in [3.8, 4) is 5.75 Å². The molecule has 0 saturated carbocycles. The second-order valence-electron chi connectivity index (χ2n) is 6.91. The molecule has 1 aliphatic heterocycles. The van der Waals surface area contributed by atoms with E-state index >= 15 is 0 Å². The van der Waals surface area contributed by atoms with Crippen LogP contribution in [0.5, 0.6) is 5.75 Å². The lowest BCUT2D eigenvalue weighted by Crippen LogP contribution is -2.47. The van der Waals surface area contributed by atoms with Crippen LogP contribution in [0.25, 0.3) is 0 Å². The molecular weight excluding hydrogens is 463 g/mol. The van der Waals surface area contributed by atoms with Crippen LogP contribution in [0.1, 0.15) is 31.0 Å². The second kappa shape index (κ2) is 11.9. The normalized spacial score (nSPS) is 15.1. The summed E-state index contributed by atoms with van der Waals surface area (Å²) in [4.78, 5) is 11.5. The van der Waals surface area contributed by atoms with E-state index in [9.17, 15) is 0 Å². The van der Waals surface area contributed by atoms with Gasteiger partial charge >= 0.3 is 0 Å². The van der Waals surface area contributed by atoms with Crippen molar-refractivity contribution in [3.05, 3.63) is 59.9 Å².